The molecule has 13 aromatic carbocycles. The summed E-state index contributed by atoms with van der Waals surface area (Å²) < 4.78 is 54.6. The minimum Gasteiger partial charge on any atom is -0.310 e. The average molecular weight is 1170 g/mol. The van der Waals surface area contributed by atoms with E-state index >= 15 is 0 Å². The summed E-state index contributed by atoms with van der Waals surface area (Å²) in [5, 5.41) is 21.3. The van der Waals surface area contributed by atoms with Crippen molar-refractivity contribution in [3.05, 3.63) is 348 Å². The zero-order valence-electron chi connectivity index (χ0n) is 47.8. The van der Waals surface area contributed by atoms with E-state index in [0.29, 0.717) is 0 Å². The van der Waals surface area contributed by atoms with Crippen molar-refractivity contribution in [1.29, 1.82) is 10.5 Å². The van der Waals surface area contributed by atoms with Crippen LogP contribution in [0.2, 0.25) is 0 Å². The number of halogens is 4. The van der Waals surface area contributed by atoms with E-state index in [1.54, 1.807) is 0 Å². The smallest absolute Gasteiger partial charge is 0.275 e. The normalized spacial score (nSPS) is 10.6. The number of hydrogen-bond acceptors (Lipinski definition) is 6. The highest BCUT2D eigenvalue weighted by atomic mass is 19.2. The Kier molecular flexibility index (Phi) is 16.6. The molecule has 0 aliphatic carbocycles. The van der Waals surface area contributed by atoms with Gasteiger partial charge in [-0.3, -0.25) is 0 Å². The van der Waals surface area contributed by atoms with Gasteiger partial charge in [-0.15, -0.1) is 0 Å². The lowest BCUT2D eigenvalue weighted by Crippen LogP contribution is -2.30. The van der Waals surface area contributed by atoms with Crippen LogP contribution in [-0.2, 0) is 0 Å². The van der Waals surface area contributed by atoms with E-state index in [1.807, 2.05) is 0 Å². The summed E-state index contributed by atoms with van der Waals surface area (Å²) in [6, 6.07) is 107. The highest BCUT2D eigenvalue weighted by molar-refractivity contribution is 5.93. The number of fused-ring (bicyclic) bond motifs is 3. The number of nitrogens with zero attached hydrogens (tertiary/aromatic N) is 8. The summed E-state index contributed by atoms with van der Waals surface area (Å²) in [6.45, 7) is 13.0. The van der Waals surface area contributed by atoms with Crippen molar-refractivity contribution in [1.82, 2.24) is 0 Å². The lowest BCUT2D eigenvalue weighted by molar-refractivity contribution is 0.434. The lowest BCUT2D eigenvalue weighted by Gasteiger charge is -2.30. The van der Waals surface area contributed by atoms with Crippen LogP contribution < -0.4 is 30.0 Å². The third-order valence-corrected chi connectivity index (χ3v) is 15.3. The van der Waals surface area contributed by atoms with Gasteiger partial charge in [0.15, 0.2) is 23.3 Å². The fourth-order valence-electron chi connectivity index (χ4n) is 11.0. The van der Waals surface area contributed by atoms with Crippen LogP contribution in [0.4, 0.5) is 85.8 Å². The predicted molar refractivity (Wildman–Crippen MR) is 354 cm³/mol. The molecule has 0 N–H and O–H groups in total. The number of nitriles is 2. The summed E-state index contributed by atoms with van der Waals surface area (Å²) in [7, 11) is 0. The minimum absolute atomic E-state index is 1.04. The maximum absolute atomic E-state index is 13.6. The molecule has 0 heterocycles. The van der Waals surface area contributed by atoms with Crippen molar-refractivity contribution in [3.8, 4) is 12.1 Å². The number of rotatable bonds is 12. The molecule has 8 nitrogen and oxygen atoms in total. The molecule has 0 bridgehead atoms. The molecule has 0 saturated heterocycles. The van der Waals surface area contributed by atoms with Gasteiger partial charge in [-0.1, -0.05) is 146 Å². The zero-order valence-corrected chi connectivity index (χ0v) is 47.8. The first-order valence-corrected chi connectivity index (χ1v) is 28.4. The van der Waals surface area contributed by atoms with Crippen LogP contribution in [0, 0.1) is 59.1 Å². The second kappa shape index (κ2) is 25.9. The van der Waals surface area contributed by atoms with E-state index in [2.05, 4.69) is 320 Å². The quantitative estimate of drug-likeness (QED) is 0.0690. The lowest BCUT2D eigenvalue weighted by atomic mass is 10.1. The van der Waals surface area contributed by atoms with E-state index in [-0.39, 0.29) is 0 Å². The van der Waals surface area contributed by atoms with Gasteiger partial charge in [0.2, 0.25) is 0 Å². The van der Waals surface area contributed by atoms with Crippen LogP contribution in [0.3, 0.4) is 0 Å². The van der Waals surface area contributed by atoms with Gasteiger partial charge in [-0.2, -0.15) is 0 Å². The molecule has 0 fully saturated rings. The number of anilines is 12. The van der Waals surface area contributed by atoms with E-state index in [0.717, 1.165) is 80.4 Å². The molecule has 0 aromatic heterocycles. The fraction of sp³-hybridized carbons (Fsp3) is 0. The van der Waals surface area contributed by atoms with Crippen molar-refractivity contribution in [3.63, 3.8) is 0 Å². The van der Waals surface area contributed by atoms with E-state index in [9.17, 15) is 17.6 Å². The SMILES string of the molecule is [C-]#[N+]C(C#N)=c1c(F)c(F)c(=C(C#N)[N+]#[C-])c(F)c1F.c1ccc(N(c2ccc(N(c3ccc(N(c4ccccc4)c4ccc5ccccc5c4)cc3)c3ccc(N(c4ccccc4)c4ccc5ccccc5c4)cc3)cc2)c2ccc3ccccc3c2)cc1. The molecule has 0 aliphatic rings. The maximum atomic E-state index is 13.6. The van der Waals surface area contributed by atoms with Gasteiger partial charge in [0.05, 0.1) is 35.7 Å². The molecule has 0 aliphatic heterocycles. The van der Waals surface area contributed by atoms with Gasteiger partial charge < -0.3 is 19.6 Å². The zero-order chi connectivity index (χ0) is 62.1. The molecular weight excluding hydrogens is 1120 g/mol. The van der Waals surface area contributed by atoms with Crippen LogP contribution in [0.5, 0.6) is 0 Å². The predicted octanol–water partition coefficient (Wildman–Crippen LogP) is 20.4. The minimum atomic E-state index is -2.01. The molecule has 0 radical (unpaired) electrons. The third kappa shape index (κ3) is 11.6. The van der Waals surface area contributed by atoms with E-state index in [4.69, 9.17) is 23.7 Å². The maximum Gasteiger partial charge on any atom is 0.275 e. The van der Waals surface area contributed by atoms with Crippen LogP contribution >= 0.6 is 0 Å². The van der Waals surface area contributed by atoms with E-state index < -0.39 is 45.1 Å². The molecular formula is C78H48F4N8. The first-order chi connectivity index (χ1) is 44.1. The molecule has 12 heteroatoms. The van der Waals surface area contributed by atoms with Crippen LogP contribution in [0.1, 0.15) is 0 Å². The van der Waals surface area contributed by atoms with Crippen molar-refractivity contribution in [2.45, 2.75) is 0 Å². The second-order valence-electron chi connectivity index (χ2n) is 20.6. The first kappa shape index (κ1) is 57.7. The molecule has 0 saturated carbocycles. The van der Waals surface area contributed by atoms with Crippen LogP contribution in [0.25, 0.3) is 53.4 Å². The van der Waals surface area contributed by atoms with Gasteiger partial charge in [-0.05, 0) is 178 Å². The summed E-state index contributed by atoms with van der Waals surface area (Å²) in [5.41, 5.74) is 10.5. The third-order valence-electron chi connectivity index (χ3n) is 15.3. The largest absolute Gasteiger partial charge is 0.310 e. The van der Waals surface area contributed by atoms with Crippen molar-refractivity contribution < 1.29 is 17.6 Å². The summed E-state index contributed by atoms with van der Waals surface area (Å²) in [6.07, 6.45) is 0. The first-order valence-electron chi connectivity index (χ1n) is 28.4. The van der Waals surface area contributed by atoms with Crippen molar-refractivity contribution in [2.24, 2.45) is 0 Å². The van der Waals surface area contributed by atoms with Crippen LogP contribution in [-0.4, -0.2) is 0 Å². The van der Waals surface area contributed by atoms with Crippen molar-refractivity contribution in [2.75, 3.05) is 19.6 Å². The molecule has 0 unspecified atom stereocenters. The Hall–Kier alpha value is -12.7. The molecule has 90 heavy (non-hydrogen) atoms. The van der Waals surface area contributed by atoms with Gasteiger partial charge in [0, 0.05) is 68.2 Å². The standard InChI is InChI=1S/C66H48N4.C12F4N4/c1-4-22-55(23-5-1)68(64-31-28-49-16-10-13-19-52(49)46-64)61-40-34-58(35-41-61)67(59-36-42-62(43-37-59)69(56-24-6-2-7-25-56)65-32-29-50-17-11-14-20-53(50)47-65)60-38-44-63(45-39-60)70(57-26-8-3-9-27-57)66-33-30-51-18-12-15-21-54(51)48-66;1-19-5(3-17)7-9(13)11(15)8(6(4-18)20-2)12(16)10(7)14/h1-48H;. The summed E-state index contributed by atoms with van der Waals surface area (Å²) >= 11 is 0. The van der Waals surface area contributed by atoms with Gasteiger partial charge in [0.1, 0.15) is 0 Å². The van der Waals surface area contributed by atoms with Gasteiger partial charge >= 0.3 is 0 Å². The molecule has 428 valence electrons. The monoisotopic (exact) mass is 1170 g/mol. The summed E-state index contributed by atoms with van der Waals surface area (Å²) in [4.78, 5) is 14.3. The Balaban J connectivity index is 0.000000337. The Morgan fingerprint density at radius 2 is 0.444 bits per heavy atom. The Morgan fingerprint density at radius 3 is 0.667 bits per heavy atom. The van der Waals surface area contributed by atoms with Crippen LogP contribution in [0.15, 0.2) is 291 Å². The summed E-state index contributed by atoms with van der Waals surface area (Å²) in [5.74, 6) is -8.04. The fourth-order valence-corrected chi connectivity index (χ4v) is 11.0. The van der Waals surface area contributed by atoms with Gasteiger partial charge in [-0.25, -0.2) is 37.8 Å². The Labute approximate surface area is 516 Å². The van der Waals surface area contributed by atoms with Gasteiger partial charge in [0.25, 0.3) is 11.4 Å². The highest BCUT2D eigenvalue weighted by Gasteiger charge is 2.24. The topological polar surface area (TPSA) is 69.3 Å². The highest BCUT2D eigenvalue weighted by Crippen LogP contribution is 2.44. The number of benzene rings is 13. The second-order valence-corrected chi connectivity index (χ2v) is 20.6. The number of para-hydroxylation sites is 3. The molecule has 13 aromatic rings. The molecule has 0 spiro atoms. The van der Waals surface area contributed by atoms with Crippen molar-refractivity contribution >= 4 is 112 Å². The molecule has 0 atom stereocenters. The Bertz CT molecular complexity index is 4580. The molecule has 13 rings (SSSR count). The Morgan fingerprint density at radius 1 is 0.256 bits per heavy atom. The molecule has 0 amide bonds. The number of hydrogen-bond donors (Lipinski definition) is 0. The van der Waals surface area contributed by atoms with E-state index in [1.165, 1.54) is 32.3 Å². The average Bonchev–Trinajstić information content (AvgIpc) is 0.857.